The average molecular weight is 250 g/mol. The standard InChI is InChI=1S/C15H26N2O/c18-15(17-6-4-11-3-5-16-10-11)9-14-8-12-1-2-13(14)7-12/h11-14,16H,1-10H2,(H,17,18). The maximum Gasteiger partial charge on any atom is 0.220 e. The van der Waals surface area contributed by atoms with E-state index in [9.17, 15) is 4.79 Å². The van der Waals surface area contributed by atoms with Gasteiger partial charge in [0.15, 0.2) is 0 Å². The van der Waals surface area contributed by atoms with Gasteiger partial charge in [0.1, 0.15) is 0 Å². The van der Waals surface area contributed by atoms with Gasteiger partial charge in [-0.1, -0.05) is 6.42 Å². The summed E-state index contributed by atoms with van der Waals surface area (Å²) >= 11 is 0. The Labute approximate surface area is 110 Å². The lowest BCUT2D eigenvalue weighted by Crippen LogP contribution is -2.29. The van der Waals surface area contributed by atoms with Crippen molar-refractivity contribution < 1.29 is 4.79 Å². The SMILES string of the molecule is O=C(CC1CC2CCC1C2)NCCC1CCNC1. The number of hydrogen-bond donors (Lipinski definition) is 2. The van der Waals surface area contributed by atoms with Gasteiger partial charge < -0.3 is 10.6 Å². The quantitative estimate of drug-likeness (QED) is 0.783. The first-order valence-corrected chi connectivity index (χ1v) is 7.78. The molecule has 2 saturated carbocycles. The topological polar surface area (TPSA) is 41.1 Å². The highest BCUT2D eigenvalue weighted by Crippen LogP contribution is 2.49. The van der Waals surface area contributed by atoms with Gasteiger partial charge in [-0.15, -0.1) is 0 Å². The van der Waals surface area contributed by atoms with Crippen LogP contribution >= 0.6 is 0 Å². The Hall–Kier alpha value is -0.570. The molecule has 3 heteroatoms. The molecule has 4 unspecified atom stereocenters. The molecule has 4 atom stereocenters. The van der Waals surface area contributed by atoms with Crippen molar-refractivity contribution in [1.29, 1.82) is 0 Å². The van der Waals surface area contributed by atoms with E-state index in [1.807, 2.05) is 0 Å². The number of fused-ring (bicyclic) bond motifs is 2. The van der Waals surface area contributed by atoms with Crippen molar-refractivity contribution in [1.82, 2.24) is 10.6 Å². The van der Waals surface area contributed by atoms with E-state index in [0.29, 0.717) is 11.8 Å². The summed E-state index contributed by atoms with van der Waals surface area (Å²) in [5.74, 6) is 3.63. The first-order chi connectivity index (χ1) is 8.81. The van der Waals surface area contributed by atoms with E-state index in [0.717, 1.165) is 50.2 Å². The minimum Gasteiger partial charge on any atom is -0.356 e. The van der Waals surface area contributed by atoms with Gasteiger partial charge in [0.25, 0.3) is 0 Å². The van der Waals surface area contributed by atoms with Gasteiger partial charge in [0.05, 0.1) is 0 Å². The lowest BCUT2D eigenvalue weighted by Gasteiger charge is -2.21. The van der Waals surface area contributed by atoms with Crippen molar-refractivity contribution in [3.63, 3.8) is 0 Å². The fourth-order valence-electron chi connectivity index (χ4n) is 4.31. The van der Waals surface area contributed by atoms with E-state index in [-0.39, 0.29) is 0 Å². The summed E-state index contributed by atoms with van der Waals surface area (Å²) in [6.45, 7) is 3.18. The zero-order valence-corrected chi connectivity index (χ0v) is 11.3. The molecule has 0 aromatic carbocycles. The fourth-order valence-corrected chi connectivity index (χ4v) is 4.31. The van der Waals surface area contributed by atoms with Gasteiger partial charge in [0.2, 0.25) is 5.91 Å². The van der Waals surface area contributed by atoms with Crippen LogP contribution in [0.3, 0.4) is 0 Å². The van der Waals surface area contributed by atoms with Crippen LogP contribution < -0.4 is 10.6 Å². The molecular weight excluding hydrogens is 224 g/mol. The van der Waals surface area contributed by atoms with Crippen molar-refractivity contribution in [3.8, 4) is 0 Å². The normalized spacial score (nSPS) is 38.2. The Morgan fingerprint density at radius 3 is 2.83 bits per heavy atom. The monoisotopic (exact) mass is 250 g/mol. The van der Waals surface area contributed by atoms with Gasteiger partial charge in [-0.2, -0.15) is 0 Å². The van der Waals surface area contributed by atoms with Gasteiger partial charge in [-0.3, -0.25) is 4.79 Å². The molecule has 2 aliphatic carbocycles. The predicted octanol–water partition coefficient (Wildman–Crippen LogP) is 1.93. The average Bonchev–Trinajstić information content (AvgIpc) is 3.04. The van der Waals surface area contributed by atoms with E-state index in [1.165, 1.54) is 32.1 Å². The van der Waals surface area contributed by atoms with Gasteiger partial charge in [-0.05, 0) is 68.9 Å². The molecule has 3 fully saturated rings. The first-order valence-electron chi connectivity index (χ1n) is 7.78. The molecule has 1 saturated heterocycles. The number of amides is 1. The number of hydrogen-bond acceptors (Lipinski definition) is 2. The van der Waals surface area contributed by atoms with E-state index in [2.05, 4.69) is 10.6 Å². The second-order valence-electron chi connectivity index (χ2n) is 6.64. The first kappa shape index (κ1) is 12.5. The molecule has 18 heavy (non-hydrogen) atoms. The summed E-state index contributed by atoms with van der Waals surface area (Å²) in [6, 6.07) is 0. The Balaban J connectivity index is 1.32. The lowest BCUT2D eigenvalue weighted by molar-refractivity contribution is -0.122. The van der Waals surface area contributed by atoms with E-state index in [1.54, 1.807) is 0 Å². The van der Waals surface area contributed by atoms with Crippen molar-refractivity contribution >= 4 is 5.91 Å². The maximum absolute atomic E-state index is 11.9. The molecule has 1 amide bonds. The fraction of sp³-hybridized carbons (Fsp3) is 0.933. The summed E-state index contributed by atoms with van der Waals surface area (Å²) in [7, 11) is 0. The minimum absolute atomic E-state index is 0.304. The van der Waals surface area contributed by atoms with Gasteiger partial charge in [-0.25, -0.2) is 0 Å². The summed E-state index contributed by atoms with van der Waals surface area (Å²) in [6.07, 6.45) is 8.77. The third kappa shape index (κ3) is 2.87. The van der Waals surface area contributed by atoms with Crippen LogP contribution in [-0.4, -0.2) is 25.5 Å². The molecule has 2 N–H and O–H groups in total. The molecule has 2 bridgehead atoms. The summed E-state index contributed by atoms with van der Waals surface area (Å²) in [5.41, 5.74) is 0. The number of nitrogens with one attached hydrogen (secondary N) is 2. The number of carbonyl (C=O) groups is 1. The molecule has 0 aromatic rings. The van der Waals surface area contributed by atoms with Crippen LogP contribution in [0.15, 0.2) is 0 Å². The summed E-state index contributed by atoms with van der Waals surface area (Å²) in [4.78, 5) is 11.9. The lowest BCUT2D eigenvalue weighted by atomic mass is 9.86. The van der Waals surface area contributed by atoms with Gasteiger partial charge in [0, 0.05) is 13.0 Å². The molecule has 1 aliphatic heterocycles. The van der Waals surface area contributed by atoms with Crippen LogP contribution in [0.2, 0.25) is 0 Å². The Morgan fingerprint density at radius 2 is 2.17 bits per heavy atom. The molecule has 0 aromatic heterocycles. The van der Waals surface area contributed by atoms with E-state index >= 15 is 0 Å². The summed E-state index contributed by atoms with van der Waals surface area (Å²) in [5, 5.41) is 6.50. The number of carbonyl (C=O) groups excluding carboxylic acids is 1. The van der Waals surface area contributed by atoms with Crippen LogP contribution in [0, 0.1) is 23.7 Å². The van der Waals surface area contributed by atoms with Crippen LogP contribution in [0.5, 0.6) is 0 Å². The third-order valence-electron chi connectivity index (χ3n) is 5.37. The van der Waals surface area contributed by atoms with Crippen molar-refractivity contribution in [3.05, 3.63) is 0 Å². The Morgan fingerprint density at radius 1 is 1.22 bits per heavy atom. The second-order valence-corrected chi connectivity index (χ2v) is 6.64. The molecule has 0 spiro atoms. The smallest absolute Gasteiger partial charge is 0.220 e. The molecule has 3 nitrogen and oxygen atoms in total. The maximum atomic E-state index is 11.9. The summed E-state index contributed by atoms with van der Waals surface area (Å²) < 4.78 is 0. The van der Waals surface area contributed by atoms with E-state index in [4.69, 9.17) is 0 Å². The van der Waals surface area contributed by atoms with Crippen molar-refractivity contribution in [2.24, 2.45) is 23.7 Å². The van der Waals surface area contributed by atoms with Crippen LogP contribution in [0.4, 0.5) is 0 Å². The molecule has 3 aliphatic rings. The molecule has 3 rings (SSSR count). The highest BCUT2D eigenvalue weighted by molar-refractivity contribution is 5.76. The molecular formula is C15H26N2O. The predicted molar refractivity (Wildman–Crippen MR) is 72.2 cm³/mol. The second kappa shape index (κ2) is 5.60. The Kier molecular flexibility index (Phi) is 3.88. The Bertz CT molecular complexity index is 299. The highest BCUT2D eigenvalue weighted by atomic mass is 16.1. The largest absolute Gasteiger partial charge is 0.356 e. The molecule has 1 heterocycles. The number of rotatable bonds is 5. The molecule has 0 radical (unpaired) electrons. The highest BCUT2D eigenvalue weighted by Gasteiger charge is 2.39. The van der Waals surface area contributed by atoms with Gasteiger partial charge >= 0.3 is 0 Å². The minimum atomic E-state index is 0.304. The van der Waals surface area contributed by atoms with Crippen LogP contribution in [0.1, 0.15) is 44.9 Å². The third-order valence-corrected chi connectivity index (χ3v) is 5.37. The van der Waals surface area contributed by atoms with Crippen LogP contribution in [0.25, 0.3) is 0 Å². The van der Waals surface area contributed by atoms with E-state index < -0.39 is 0 Å². The van der Waals surface area contributed by atoms with Crippen molar-refractivity contribution in [2.75, 3.05) is 19.6 Å². The molecule has 102 valence electrons. The van der Waals surface area contributed by atoms with Crippen molar-refractivity contribution in [2.45, 2.75) is 44.9 Å². The zero-order chi connectivity index (χ0) is 12.4. The zero-order valence-electron chi connectivity index (χ0n) is 11.3. The van der Waals surface area contributed by atoms with Crippen LogP contribution in [-0.2, 0) is 4.79 Å².